The van der Waals surface area contributed by atoms with Gasteiger partial charge in [-0.3, -0.25) is 4.98 Å². The van der Waals surface area contributed by atoms with E-state index < -0.39 is 17.5 Å². The van der Waals surface area contributed by atoms with Gasteiger partial charge in [-0.15, -0.1) is 15.3 Å². The molecule has 1 aliphatic rings. The Balaban J connectivity index is 1.47. The fourth-order valence-electron chi connectivity index (χ4n) is 3.79. The third-order valence-electron chi connectivity index (χ3n) is 5.52. The molecular weight excluding hydrogens is 407 g/mol. The van der Waals surface area contributed by atoms with Crippen molar-refractivity contribution in [1.82, 2.24) is 24.8 Å². The van der Waals surface area contributed by atoms with Crippen molar-refractivity contribution in [1.29, 1.82) is 0 Å². The van der Waals surface area contributed by atoms with Crippen molar-refractivity contribution in [3.8, 4) is 0 Å². The van der Waals surface area contributed by atoms with Crippen molar-refractivity contribution in [3.05, 3.63) is 70.5 Å². The molecular formula is C21H18F3N7. The summed E-state index contributed by atoms with van der Waals surface area (Å²) in [4.78, 5) is 6.51. The van der Waals surface area contributed by atoms with E-state index in [2.05, 4.69) is 30.5 Å². The van der Waals surface area contributed by atoms with Crippen molar-refractivity contribution in [2.45, 2.75) is 26.8 Å². The van der Waals surface area contributed by atoms with Gasteiger partial charge in [-0.2, -0.15) is 4.52 Å². The molecule has 10 heteroatoms. The summed E-state index contributed by atoms with van der Waals surface area (Å²) in [6.45, 7) is 5.01. The molecule has 5 rings (SSSR count). The molecule has 4 heterocycles. The number of pyridine rings is 1. The van der Waals surface area contributed by atoms with Gasteiger partial charge in [0.15, 0.2) is 23.1 Å². The van der Waals surface area contributed by atoms with E-state index in [1.807, 2.05) is 13.8 Å². The predicted molar refractivity (Wildman–Crippen MR) is 109 cm³/mol. The van der Waals surface area contributed by atoms with Crippen LogP contribution in [0, 0.1) is 31.3 Å². The van der Waals surface area contributed by atoms with Crippen LogP contribution in [0.25, 0.3) is 5.65 Å². The van der Waals surface area contributed by atoms with Gasteiger partial charge >= 0.3 is 0 Å². The summed E-state index contributed by atoms with van der Waals surface area (Å²) in [7, 11) is 0. The van der Waals surface area contributed by atoms with Crippen LogP contribution in [0.3, 0.4) is 0 Å². The molecule has 0 bridgehead atoms. The zero-order valence-corrected chi connectivity index (χ0v) is 16.7. The van der Waals surface area contributed by atoms with Gasteiger partial charge in [0.2, 0.25) is 0 Å². The van der Waals surface area contributed by atoms with Gasteiger partial charge in [-0.1, -0.05) is 0 Å². The summed E-state index contributed by atoms with van der Waals surface area (Å²) in [5.74, 6) is -2.58. The van der Waals surface area contributed by atoms with Crippen LogP contribution in [0.1, 0.15) is 23.8 Å². The SMILES string of the molecule is [2H]c1nnc2c(C)c(C)c(N3CCc4ncc(Nc5cc(F)cc(F)c5F)cc4C3)nn12. The van der Waals surface area contributed by atoms with Gasteiger partial charge in [0.1, 0.15) is 13.5 Å². The number of nitrogens with one attached hydrogen (secondary N) is 1. The lowest BCUT2D eigenvalue weighted by molar-refractivity contribution is 0.498. The Labute approximate surface area is 177 Å². The van der Waals surface area contributed by atoms with Crippen molar-refractivity contribution >= 4 is 22.8 Å². The molecule has 0 aliphatic carbocycles. The number of fused-ring (bicyclic) bond motifs is 2. The number of hydrogen-bond donors (Lipinski definition) is 1. The first-order valence-corrected chi connectivity index (χ1v) is 9.65. The third kappa shape index (κ3) is 3.33. The summed E-state index contributed by atoms with van der Waals surface area (Å²) in [6, 6.07) is 3.18. The quantitative estimate of drug-likeness (QED) is 0.502. The Hall–Kier alpha value is -3.69. The van der Waals surface area contributed by atoms with Gasteiger partial charge < -0.3 is 10.2 Å². The number of nitrogens with zero attached hydrogens (tertiary/aromatic N) is 6. The van der Waals surface area contributed by atoms with Gasteiger partial charge in [-0.25, -0.2) is 13.2 Å². The number of aryl methyl sites for hydroxylation is 1. The molecule has 0 radical (unpaired) electrons. The van der Waals surface area contributed by atoms with Crippen LogP contribution in [0.5, 0.6) is 0 Å². The van der Waals surface area contributed by atoms with E-state index in [1.165, 1.54) is 10.7 Å². The van der Waals surface area contributed by atoms with Crippen LogP contribution in [0.4, 0.5) is 30.4 Å². The topological polar surface area (TPSA) is 71.2 Å². The zero-order valence-electron chi connectivity index (χ0n) is 17.7. The second-order valence-electron chi connectivity index (χ2n) is 7.48. The van der Waals surface area contributed by atoms with Crippen molar-refractivity contribution in [2.24, 2.45) is 0 Å². The maximum absolute atomic E-state index is 14.0. The summed E-state index contributed by atoms with van der Waals surface area (Å²) < 4.78 is 50.4. The Morgan fingerprint density at radius 1 is 1.13 bits per heavy atom. The van der Waals surface area contributed by atoms with Crippen LogP contribution < -0.4 is 10.2 Å². The first-order valence-electron chi connectivity index (χ1n) is 10.2. The lowest BCUT2D eigenvalue weighted by atomic mass is 10.0. The molecule has 7 nitrogen and oxygen atoms in total. The number of benzene rings is 1. The largest absolute Gasteiger partial charge is 0.352 e. The zero-order chi connectivity index (χ0) is 22.6. The molecule has 1 aromatic carbocycles. The third-order valence-corrected chi connectivity index (χ3v) is 5.52. The van der Waals surface area contributed by atoms with E-state index in [0.717, 1.165) is 28.5 Å². The standard InChI is InChI=1S/C21H18F3N7/c1-11-12(2)21(29-31-10-26-28-20(11)31)30-4-3-17-13(9-30)5-15(8-25-17)27-18-7-14(22)6-16(23)19(18)24/h5-8,10,27H,3-4,9H2,1-2H3/i10D. The highest BCUT2D eigenvalue weighted by atomic mass is 19.2. The number of anilines is 3. The van der Waals surface area contributed by atoms with Crippen LogP contribution >= 0.6 is 0 Å². The van der Waals surface area contributed by atoms with E-state index in [4.69, 9.17) is 1.37 Å². The fraction of sp³-hybridized carbons (Fsp3) is 0.238. The average Bonchev–Trinajstić information content (AvgIpc) is 3.14. The van der Waals surface area contributed by atoms with Gasteiger partial charge in [0.25, 0.3) is 0 Å². The van der Waals surface area contributed by atoms with E-state index in [0.29, 0.717) is 42.7 Å². The Morgan fingerprint density at radius 3 is 2.81 bits per heavy atom. The normalized spacial score (nSPS) is 14.0. The molecule has 0 spiro atoms. The molecule has 1 aliphatic heterocycles. The van der Waals surface area contributed by atoms with E-state index in [9.17, 15) is 13.2 Å². The minimum atomic E-state index is -1.26. The van der Waals surface area contributed by atoms with Crippen molar-refractivity contribution in [2.75, 3.05) is 16.8 Å². The Bertz CT molecular complexity index is 1370. The molecule has 31 heavy (non-hydrogen) atoms. The molecule has 0 unspecified atom stereocenters. The summed E-state index contributed by atoms with van der Waals surface area (Å²) in [6.07, 6.45) is 2.13. The molecule has 3 aromatic heterocycles. The fourth-order valence-corrected chi connectivity index (χ4v) is 3.79. The maximum atomic E-state index is 14.0. The highest BCUT2D eigenvalue weighted by Crippen LogP contribution is 2.30. The van der Waals surface area contributed by atoms with Crippen LogP contribution in [-0.2, 0) is 13.0 Å². The highest BCUT2D eigenvalue weighted by molar-refractivity contribution is 5.62. The molecule has 158 valence electrons. The number of aromatic nitrogens is 5. The molecule has 0 saturated heterocycles. The highest BCUT2D eigenvalue weighted by Gasteiger charge is 2.23. The monoisotopic (exact) mass is 426 g/mol. The van der Waals surface area contributed by atoms with Crippen LogP contribution in [0.15, 0.2) is 30.7 Å². The number of rotatable bonds is 3. The van der Waals surface area contributed by atoms with Gasteiger partial charge in [0, 0.05) is 48.5 Å². The van der Waals surface area contributed by atoms with Crippen LogP contribution in [0.2, 0.25) is 0 Å². The number of halogens is 3. The lowest BCUT2D eigenvalue weighted by Crippen LogP contribution is -2.32. The Morgan fingerprint density at radius 2 is 1.97 bits per heavy atom. The second-order valence-corrected chi connectivity index (χ2v) is 7.48. The molecule has 0 fully saturated rings. The van der Waals surface area contributed by atoms with E-state index >= 15 is 0 Å². The average molecular weight is 426 g/mol. The van der Waals surface area contributed by atoms with E-state index in [1.54, 1.807) is 6.07 Å². The molecule has 4 aromatic rings. The predicted octanol–water partition coefficient (Wildman–Crippen LogP) is 3.86. The van der Waals surface area contributed by atoms with Crippen molar-refractivity contribution < 1.29 is 14.5 Å². The summed E-state index contributed by atoms with van der Waals surface area (Å²) in [5.41, 5.74) is 4.26. The van der Waals surface area contributed by atoms with Gasteiger partial charge in [-0.05, 0) is 25.5 Å². The summed E-state index contributed by atoms with van der Waals surface area (Å²) >= 11 is 0. The molecule has 0 amide bonds. The summed E-state index contributed by atoms with van der Waals surface area (Å²) in [5, 5.41) is 15.1. The minimum Gasteiger partial charge on any atom is -0.352 e. The minimum absolute atomic E-state index is 0.0423. The molecule has 1 N–H and O–H groups in total. The second kappa shape index (κ2) is 7.22. The first kappa shape index (κ1) is 18.1. The van der Waals surface area contributed by atoms with E-state index in [-0.39, 0.29) is 12.0 Å². The molecule has 0 atom stereocenters. The smallest absolute Gasteiger partial charge is 0.182 e. The van der Waals surface area contributed by atoms with Gasteiger partial charge in [0.05, 0.1) is 17.6 Å². The maximum Gasteiger partial charge on any atom is 0.182 e. The lowest BCUT2D eigenvalue weighted by Gasteiger charge is -2.30. The van der Waals surface area contributed by atoms with Crippen molar-refractivity contribution in [3.63, 3.8) is 0 Å². The van der Waals surface area contributed by atoms with Crippen LogP contribution in [-0.4, -0.2) is 31.3 Å². The number of hydrogen-bond acceptors (Lipinski definition) is 6. The Kier molecular flexibility index (Phi) is 4.22. The first-order chi connectivity index (χ1) is 15.3. The molecule has 0 saturated carbocycles.